The molecule has 1 aliphatic heterocycles. The molecule has 3 unspecified atom stereocenters. The molecule has 1 N–H and O–H groups in total. The van der Waals surface area contributed by atoms with Crippen molar-refractivity contribution in [1.29, 1.82) is 0 Å². The molecule has 0 aromatic rings. The fraction of sp³-hybridized carbons (Fsp3) is 1.00. The second-order valence-electron chi connectivity index (χ2n) is 5.91. The summed E-state index contributed by atoms with van der Waals surface area (Å²) in [5, 5.41) is 3.53. The van der Waals surface area contributed by atoms with Crippen molar-refractivity contribution < 1.29 is 4.74 Å². The summed E-state index contributed by atoms with van der Waals surface area (Å²) < 4.78 is 5.37. The van der Waals surface area contributed by atoms with Gasteiger partial charge in [-0.1, -0.05) is 27.7 Å². The zero-order valence-electron chi connectivity index (χ0n) is 12.2. The number of rotatable bonds is 6. The summed E-state index contributed by atoms with van der Waals surface area (Å²) in [5.74, 6) is 1.68. The number of methoxy groups -OCH3 is 1. The third kappa shape index (κ3) is 4.94. The lowest BCUT2D eigenvalue weighted by Gasteiger charge is -2.40. The van der Waals surface area contributed by atoms with Crippen molar-refractivity contribution in [2.75, 3.05) is 33.4 Å². The Morgan fingerprint density at radius 2 is 2.00 bits per heavy atom. The Bertz CT molecular complexity index is 208. The molecule has 1 aliphatic rings. The first kappa shape index (κ1) is 14.9. The molecule has 0 aromatic heterocycles. The van der Waals surface area contributed by atoms with Gasteiger partial charge in [-0.15, -0.1) is 0 Å². The molecule has 102 valence electrons. The topological polar surface area (TPSA) is 24.5 Å². The lowest BCUT2D eigenvalue weighted by molar-refractivity contribution is 0.0452. The Labute approximate surface area is 107 Å². The Morgan fingerprint density at radius 3 is 2.53 bits per heavy atom. The molecule has 0 aromatic carbocycles. The number of piperidine rings is 1. The van der Waals surface area contributed by atoms with Crippen LogP contribution in [0.15, 0.2) is 0 Å². The summed E-state index contributed by atoms with van der Waals surface area (Å²) in [5.41, 5.74) is 0. The fourth-order valence-electron chi connectivity index (χ4n) is 2.48. The van der Waals surface area contributed by atoms with Gasteiger partial charge in [-0.2, -0.15) is 0 Å². The molecule has 1 saturated heterocycles. The molecule has 0 aliphatic carbocycles. The van der Waals surface area contributed by atoms with Crippen LogP contribution in [0.4, 0.5) is 0 Å². The zero-order valence-corrected chi connectivity index (χ0v) is 12.2. The normalized spacial score (nSPS) is 28.6. The van der Waals surface area contributed by atoms with E-state index in [0.29, 0.717) is 12.1 Å². The minimum atomic E-state index is 0.525. The van der Waals surface area contributed by atoms with Crippen molar-refractivity contribution in [2.24, 2.45) is 11.8 Å². The third-order valence-corrected chi connectivity index (χ3v) is 4.00. The minimum Gasteiger partial charge on any atom is -0.383 e. The molecule has 3 nitrogen and oxygen atoms in total. The zero-order chi connectivity index (χ0) is 12.8. The van der Waals surface area contributed by atoms with Gasteiger partial charge < -0.3 is 10.1 Å². The van der Waals surface area contributed by atoms with Crippen LogP contribution in [0.5, 0.6) is 0 Å². The lowest BCUT2D eigenvalue weighted by atomic mass is 9.88. The molecule has 1 rings (SSSR count). The van der Waals surface area contributed by atoms with Crippen LogP contribution in [-0.4, -0.2) is 50.3 Å². The first-order chi connectivity index (χ1) is 8.04. The van der Waals surface area contributed by atoms with Crippen LogP contribution in [0.25, 0.3) is 0 Å². The molecule has 1 heterocycles. The highest BCUT2D eigenvalue weighted by molar-refractivity contribution is 4.82. The molecule has 0 amide bonds. The van der Waals surface area contributed by atoms with E-state index in [1.165, 1.54) is 19.5 Å². The quantitative estimate of drug-likeness (QED) is 0.771. The van der Waals surface area contributed by atoms with Crippen LogP contribution in [0, 0.1) is 11.8 Å². The summed E-state index contributed by atoms with van der Waals surface area (Å²) in [4.78, 5) is 2.60. The van der Waals surface area contributed by atoms with E-state index in [1.807, 2.05) is 0 Å². The molecule has 0 spiro atoms. The molecular formula is C14H30N2O. The summed E-state index contributed by atoms with van der Waals surface area (Å²) in [7, 11) is 1.80. The van der Waals surface area contributed by atoms with Crippen LogP contribution in [-0.2, 0) is 4.74 Å². The molecule has 1 fully saturated rings. The van der Waals surface area contributed by atoms with Crippen LogP contribution in [0.1, 0.15) is 34.1 Å². The first-order valence-electron chi connectivity index (χ1n) is 7.01. The second kappa shape index (κ2) is 7.34. The Morgan fingerprint density at radius 1 is 1.29 bits per heavy atom. The average molecular weight is 242 g/mol. The Balaban J connectivity index is 2.45. The van der Waals surface area contributed by atoms with Gasteiger partial charge in [0.2, 0.25) is 0 Å². The van der Waals surface area contributed by atoms with E-state index in [9.17, 15) is 0 Å². The van der Waals surface area contributed by atoms with Crippen molar-refractivity contribution in [3.63, 3.8) is 0 Å². The summed E-state index contributed by atoms with van der Waals surface area (Å²) in [6.07, 6.45) is 1.32. The van der Waals surface area contributed by atoms with Gasteiger partial charge in [0.15, 0.2) is 0 Å². The first-order valence-corrected chi connectivity index (χ1v) is 7.01. The molecule has 0 radical (unpaired) electrons. The molecule has 3 heteroatoms. The van der Waals surface area contributed by atoms with Crippen LogP contribution < -0.4 is 5.32 Å². The SMILES string of the molecule is COCC(CNC(C)C)N1CCC(C)C(C)C1. The molecular weight excluding hydrogens is 212 g/mol. The monoisotopic (exact) mass is 242 g/mol. The maximum absolute atomic E-state index is 5.37. The number of ether oxygens (including phenoxy) is 1. The van der Waals surface area contributed by atoms with Gasteiger partial charge in [0.05, 0.1) is 6.61 Å². The fourth-order valence-corrected chi connectivity index (χ4v) is 2.48. The van der Waals surface area contributed by atoms with E-state index in [4.69, 9.17) is 4.74 Å². The highest BCUT2D eigenvalue weighted by Gasteiger charge is 2.27. The Kier molecular flexibility index (Phi) is 6.45. The van der Waals surface area contributed by atoms with Crippen molar-refractivity contribution in [3.8, 4) is 0 Å². The lowest BCUT2D eigenvalue weighted by Crippen LogP contribution is -2.51. The van der Waals surface area contributed by atoms with Crippen LogP contribution in [0.2, 0.25) is 0 Å². The van der Waals surface area contributed by atoms with Crippen molar-refractivity contribution in [1.82, 2.24) is 10.2 Å². The van der Waals surface area contributed by atoms with Crippen molar-refractivity contribution >= 4 is 0 Å². The van der Waals surface area contributed by atoms with Gasteiger partial charge in [0.1, 0.15) is 0 Å². The smallest absolute Gasteiger partial charge is 0.0630 e. The van der Waals surface area contributed by atoms with Crippen molar-refractivity contribution in [3.05, 3.63) is 0 Å². The van der Waals surface area contributed by atoms with E-state index in [-0.39, 0.29) is 0 Å². The van der Waals surface area contributed by atoms with E-state index < -0.39 is 0 Å². The number of hydrogen-bond acceptors (Lipinski definition) is 3. The standard InChI is InChI=1S/C14H30N2O/c1-11(2)15-8-14(10-17-5)16-7-6-12(3)13(4)9-16/h11-15H,6-10H2,1-5H3. The minimum absolute atomic E-state index is 0.525. The largest absolute Gasteiger partial charge is 0.383 e. The second-order valence-corrected chi connectivity index (χ2v) is 5.91. The van der Waals surface area contributed by atoms with Gasteiger partial charge in [0, 0.05) is 32.3 Å². The summed E-state index contributed by atoms with van der Waals surface area (Å²) in [6, 6.07) is 1.08. The van der Waals surface area contributed by atoms with Gasteiger partial charge in [-0.3, -0.25) is 4.90 Å². The van der Waals surface area contributed by atoms with Crippen molar-refractivity contribution in [2.45, 2.75) is 46.2 Å². The van der Waals surface area contributed by atoms with Crippen LogP contribution >= 0.6 is 0 Å². The number of hydrogen-bond donors (Lipinski definition) is 1. The number of likely N-dealkylation sites (tertiary alicyclic amines) is 1. The summed E-state index contributed by atoms with van der Waals surface area (Å²) in [6.45, 7) is 13.5. The maximum atomic E-state index is 5.37. The maximum Gasteiger partial charge on any atom is 0.0630 e. The molecule has 3 atom stereocenters. The summed E-state index contributed by atoms with van der Waals surface area (Å²) >= 11 is 0. The van der Waals surface area contributed by atoms with E-state index in [0.717, 1.165) is 25.0 Å². The molecule has 17 heavy (non-hydrogen) atoms. The van der Waals surface area contributed by atoms with Gasteiger partial charge in [-0.05, 0) is 24.8 Å². The predicted octanol–water partition coefficient (Wildman–Crippen LogP) is 1.98. The highest BCUT2D eigenvalue weighted by atomic mass is 16.5. The number of nitrogens with zero attached hydrogens (tertiary/aromatic N) is 1. The third-order valence-electron chi connectivity index (χ3n) is 4.00. The van der Waals surface area contributed by atoms with E-state index >= 15 is 0 Å². The molecule has 0 bridgehead atoms. The molecule has 0 saturated carbocycles. The Hall–Kier alpha value is -0.120. The van der Waals surface area contributed by atoms with E-state index in [1.54, 1.807) is 7.11 Å². The van der Waals surface area contributed by atoms with Gasteiger partial charge in [0.25, 0.3) is 0 Å². The highest BCUT2D eigenvalue weighted by Crippen LogP contribution is 2.23. The number of nitrogens with one attached hydrogen (secondary N) is 1. The predicted molar refractivity (Wildman–Crippen MR) is 73.3 cm³/mol. The van der Waals surface area contributed by atoms with Gasteiger partial charge >= 0.3 is 0 Å². The van der Waals surface area contributed by atoms with Gasteiger partial charge in [-0.25, -0.2) is 0 Å². The average Bonchev–Trinajstić information content (AvgIpc) is 2.28. The van der Waals surface area contributed by atoms with Crippen LogP contribution in [0.3, 0.4) is 0 Å². The van der Waals surface area contributed by atoms with E-state index in [2.05, 4.69) is 37.9 Å².